The van der Waals surface area contributed by atoms with Crippen molar-refractivity contribution in [1.82, 2.24) is 4.90 Å². The fourth-order valence-corrected chi connectivity index (χ4v) is 3.35. The number of thioether (sulfide) groups is 1. The topological polar surface area (TPSA) is 61.8 Å². The van der Waals surface area contributed by atoms with Crippen molar-refractivity contribution in [3.05, 3.63) is 30.1 Å². The third-order valence-electron chi connectivity index (χ3n) is 3.07. The van der Waals surface area contributed by atoms with Gasteiger partial charge in [-0.05, 0) is 18.2 Å². The Kier molecular flexibility index (Phi) is 3.43. The molecular weight excluding hydrogens is 281 g/mol. The van der Waals surface area contributed by atoms with Crippen LogP contribution in [0.15, 0.2) is 29.3 Å². The van der Waals surface area contributed by atoms with Crippen LogP contribution in [0.3, 0.4) is 0 Å². The van der Waals surface area contributed by atoms with Crippen LogP contribution >= 0.6 is 11.8 Å². The molecule has 0 bridgehead atoms. The van der Waals surface area contributed by atoms with Gasteiger partial charge in [-0.1, -0.05) is 17.8 Å². The van der Waals surface area contributed by atoms with E-state index in [9.17, 15) is 14.0 Å². The average Bonchev–Trinajstić information content (AvgIpc) is 2.94. The van der Waals surface area contributed by atoms with Crippen LogP contribution in [0, 0.1) is 5.82 Å². The Morgan fingerprint density at radius 3 is 3.15 bits per heavy atom. The van der Waals surface area contributed by atoms with Crippen molar-refractivity contribution in [2.24, 2.45) is 4.99 Å². The maximum Gasteiger partial charge on any atom is 0.242 e. The number of fused-ring (bicyclic) bond motifs is 1. The first-order valence-electron chi connectivity index (χ1n) is 6.21. The van der Waals surface area contributed by atoms with E-state index in [0.717, 1.165) is 0 Å². The molecule has 1 N–H and O–H groups in total. The van der Waals surface area contributed by atoms with E-state index in [1.807, 2.05) is 0 Å². The normalized spacial score (nSPS) is 20.9. The molecule has 0 aliphatic carbocycles. The van der Waals surface area contributed by atoms with Gasteiger partial charge in [0, 0.05) is 18.7 Å². The minimum atomic E-state index is -0.428. The van der Waals surface area contributed by atoms with Crippen LogP contribution in [-0.2, 0) is 9.59 Å². The number of benzene rings is 1. The predicted molar refractivity (Wildman–Crippen MR) is 75.0 cm³/mol. The van der Waals surface area contributed by atoms with Gasteiger partial charge in [-0.3, -0.25) is 19.5 Å². The Morgan fingerprint density at radius 1 is 1.55 bits per heavy atom. The number of hydrogen-bond donors (Lipinski definition) is 1. The second-order valence-corrected chi connectivity index (χ2v) is 5.69. The summed E-state index contributed by atoms with van der Waals surface area (Å²) in [6, 6.07) is 5.67. The minimum Gasteiger partial charge on any atom is -0.326 e. The number of nitrogens with one attached hydrogen (secondary N) is 1. The highest BCUT2D eigenvalue weighted by atomic mass is 32.2. The number of aliphatic imine (C=N–C) groups is 1. The summed E-state index contributed by atoms with van der Waals surface area (Å²) in [7, 11) is 0. The number of amides is 2. The number of carbonyl (C=O) groups excluding carboxylic acids is 2. The lowest BCUT2D eigenvalue weighted by Crippen LogP contribution is -2.32. The summed E-state index contributed by atoms with van der Waals surface area (Å²) in [5.41, 5.74) is 0.392. The summed E-state index contributed by atoms with van der Waals surface area (Å²) < 4.78 is 13.0. The van der Waals surface area contributed by atoms with E-state index in [0.29, 0.717) is 23.9 Å². The third-order valence-corrected chi connectivity index (χ3v) is 4.28. The molecule has 5 nitrogen and oxygen atoms in total. The monoisotopic (exact) mass is 293 g/mol. The van der Waals surface area contributed by atoms with Gasteiger partial charge in [0.2, 0.25) is 11.8 Å². The molecule has 3 rings (SSSR count). The molecule has 1 fully saturated rings. The molecule has 2 amide bonds. The molecule has 2 aliphatic heterocycles. The van der Waals surface area contributed by atoms with Crippen LogP contribution in [0.2, 0.25) is 0 Å². The van der Waals surface area contributed by atoms with E-state index in [1.165, 1.54) is 30.0 Å². The highest BCUT2D eigenvalue weighted by molar-refractivity contribution is 8.15. The number of hydrogen-bond acceptors (Lipinski definition) is 4. The van der Waals surface area contributed by atoms with Crippen molar-refractivity contribution in [3.8, 4) is 0 Å². The van der Waals surface area contributed by atoms with Gasteiger partial charge in [0.25, 0.3) is 0 Å². The Hall–Kier alpha value is -1.89. The number of halogens is 1. The molecule has 2 heterocycles. The average molecular weight is 293 g/mol. The van der Waals surface area contributed by atoms with Crippen LogP contribution in [0.25, 0.3) is 0 Å². The van der Waals surface area contributed by atoms with Gasteiger partial charge in [-0.15, -0.1) is 0 Å². The lowest BCUT2D eigenvalue weighted by atomic mass is 10.2. The van der Waals surface area contributed by atoms with Gasteiger partial charge >= 0.3 is 0 Å². The first-order valence-corrected chi connectivity index (χ1v) is 7.09. The smallest absolute Gasteiger partial charge is 0.242 e. The van der Waals surface area contributed by atoms with Gasteiger partial charge in [0.15, 0.2) is 5.17 Å². The SMILES string of the molecule is O=C(C[C@@H]1SC2=NCCN2C1=O)Nc1cccc(F)c1. The zero-order valence-corrected chi connectivity index (χ0v) is 11.3. The first-order chi connectivity index (χ1) is 9.63. The van der Waals surface area contributed by atoms with Crippen molar-refractivity contribution in [3.63, 3.8) is 0 Å². The van der Waals surface area contributed by atoms with Crippen molar-refractivity contribution in [1.29, 1.82) is 0 Å². The summed E-state index contributed by atoms with van der Waals surface area (Å²) in [4.78, 5) is 29.7. The lowest BCUT2D eigenvalue weighted by Gasteiger charge is -2.10. The molecule has 20 heavy (non-hydrogen) atoms. The standard InChI is InChI=1S/C13H12FN3O2S/c14-8-2-1-3-9(6-8)16-11(18)7-10-12(19)17-5-4-15-13(17)20-10/h1-3,6,10H,4-5,7H2,(H,16,18)/t10-/m0/s1. The Balaban J connectivity index is 1.61. The second kappa shape index (κ2) is 5.24. The van der Waals surface area contributed by atoms with Crippen LogP contribution < -0.4 is 5.32 Å². The molecule has 104 valence electrons. The van der Waals surface area contributed by atoms with Crippen molar-refractivity contribution < 1.29 is 14.0 Å². The van der Waals surface area contributed by atoms with Crippen LogP contribution in [0.1, 0.15) is 6.42 Å². The van der Waals surface area contributed by atoms with Crippen molar-refractivity contribution >= 4 is 34.4 Å². The van der Waals surface area contributed by atoms with E-state index >= 15 is 0 Å². The maximum atomic E-state index is 13.0. The number of amidine groups is 1. The highest BCUT2D eigenvalue weighted by Crippen LogP contribution is 2.31. The molecule has 0 unspecified atom stereocenters. The molecule has 0 saturated carbocycles. The molecule has 1 saturated heterocycles. The largest absolute Gasteiger partial charge is 0.326 e. The maximum absolute atomic E-state index is 13.0. The van der Waals surface area contributed by atoms with Crippen molar-refractivity contribution in [2.75, 3.05) is 18.4 Å². The number of nitrogens with zero attached hydrogens (tertiary/aromatic N) is 2. The van der Waals surface area contributed by atoms with Gasteiger partial charge in [-0.25, -0.2) is 4.39 Å². The third kappa shape index (κ3) is 2.53. The molecule has 1 atom stereocenters. The summed E-state index contributed by atoms with van der Waals surface area (Å²) >= 11 is 1.32. The number of rotatable bonds is 3. The number of anilines is 1. The van der Waals surface area contributed by atoms with Crippen LogP contribution in [0.4, 0.5) is 10.1 Å². The van der Waals surface area contributed by atoms with Gasteiger partial charge in [0.05, 0.1) is 6.54 Å². The van der Waals surface area contributed by atoms with E-state index in [4.69, 9.17) is 0 Å². The Morgan fingerprint density at radius 2 is 2.40 bits per heavy atom. The van der Waals surface area contributed by atoms with Gasteiger partial charge in [-0.2, -0.15) is 0 Å². The van der Waals surface area contributed by atoms with E-state index in [2.05, 4.69) is 10.3 Å². The predicted octanol–water partition coefficient (Wildman–Crippen LogP) is 1.47. The van der Waals surface area contributed by atoms with Gasteiger partial charge < -0.3 is 5.32 Å². The zero-order valence-electron chi connectivity index (χ0n) is 10.5. The lowest BCUT2D eigenvalue weighted by molar-refractivity contribution is -0.127. The van der Waals surface area contributed by atoms with Crippen LogP contribution in [0.5, 0.6) is 0 Å². The zero-order chi connectivity index (χ0) is 14.1. The summed E-state index contributed by atoms with van der Waals surface area (Å²) in [6.45, 7) is 1.24. The minimum absolute atomic E-state index is 0.0650. The summed E-state index contributed by atoms with van der Waals surface area (Å²) in [6.07, 6.45) is 0.0650. The Labute approximate surface area is 119 Å². The number of carbonyl (C=O) groups is 2. The highest BCUT2D eigenvalue weighted by Gasteiger charge is 2.40. The molecule has 1 aromatic rings. The van der Waals surface area contributed by atoms with E-state index in [-0.39, 0.29) is 18.2 Å². The molecular formula is C13H12FN3O2S. The van der Waals surface area contributed by atoms with Crippen molar-refractivity contribution in [2.45, 2.75) is 11.7 Å². The van der Waals surface area contributed by atoms with Crippen LogP contribution in [-0.4, -0.2) is 40.2 Å². The second-order valence-electron chi connectivity index (χ2n) is 4.52. The van der Waals surface area contributed by atoms with E-state index < -0.39 is 11.1 Å². The fourth-order valence-electron chi connectivity index (χ4n) is 2.16. The molecule has 0 aromatic heterocycles. The first kappa shape index (κ1) is 13.1. The molecule has 7 heteroatoms. The summed E-state index contributed by atoms with van der Waals surface area (Å²) in [5.74, 6) is -0.784. The fraction of sp³-hybridized carbons (Fsp3) is 0.308. The molecule has 0 spiro atoms. The quantitative estimate of drug-likeness (QED) is 0.918. The summed E-state index contributed by atoms with van der Waals surface area (Å²) in [5, 5.41) is 2.87. The molecule has 1 aromatic carbocycles. The Bertz CT molecular complexity index is 605. The van der Waals surface area contributed by atoms with E-state index in [1.54, 1.807) is 11.0 Å². The van der Waals surface area contributed by atoms with Gasteiger partial charge in [0.1, 0.15) is 11.1 Å². The molecule has 0 radical (unpaired) electrons. The molecule has 2 aliphatic rings.